The van der Waals surface area contributed by atoms with Crippen LogP contribution in [0.3, 0.4) is 0 Å². The molecule has 0 fully saturated rings. The predicted octanol–water partition coefficient (Wildman–Crippen LogP) is 4.25. The maximum Gasteiger partial charge on any atom is 0.416 e. The SMILES string of the molecule is COc1ccc(-c2noc(CNC(=S)Nc3cccc(C(F)(F)F)c3)n2)cc1. The van der Waals surface area contributed by atoms with Crippen LogP contribution in [0.15, 0.2) is 53.1 Å². The van der Waals surface area contributed by atoms with Crippen molar-refractivity contribution >= 4 is 23.0 Å². The molecule has 146 valence electrons. The molecular formula is C18H15F3N4O2S. The zero-order valence-electron chi connectivity index (χ0n) is 14.6. The van der Waals surface area contributed by atoms with Gasteiger partial charge >= 0.3 is 6.18 Å². The number of rotatable bonds is 5. The Morgan fingerprint density at radius 1 is 1.18 bits per heavy atom. The summed E-state index contributed by atoms with van der Waals surface area (Å²) in [6.45, 7) is 0.119. The van der Waals surface area contributed by atoms with Crippen molar-refractivity contribution in [3.05, 3.63) is 60.0 Å². The number of thiocarbonyl (C=S) groups is 1. The standard InChI is InChI=1S/C18H15F3N4O2S/c1-26-14-7-5-11(6-8-14)16-24-15(27-25-16)10-22-17(28)23-13-4-2-3-12(9-13)18(19,20)21/h2-9H,10H2,1H3,(H2,22,23,28). The molecule has 10 heteroatoms. The first kappa shape index (κ1) is 19.6. The summed E-state index contributed by atoms with van der Waals surface area (Å²) in [5, 5.41) is 9.52. The van der Waals surface area contributed by atoms with E-state index >= 15 is 0 Å². The average molecular weight is 408 g/mol. The molecule has 0 aliphatic carbocycles. The van der Waals surface area contributed by atoms with Gasteiger partial charge in [-0.25, -0.2) is 0 Å². The molecule has 3 aromatic rings. The van der Waals surface area contributed by atoms with Gasteiger partial charge in [-0.3, -0.25) is 0 Å². The van der Waals surface area contributed by atoms with E-state index in [1.807, 2.05) is 0 Å². The second-order valence-corrected chi connectivity index (χ2v) is 6.03. The Kier molecular flexibility index (Phi) is 5.78. The smallest absolute Gasteiger partial charge is 0.416 e. The van der Waals surface area contributed by atoms with Gasteiger partial charge in [-0.1, -0.05) is 11.2 Å². The maximum atomic E-state index is 12.7. The first-order valence-corrected chi connectivity index (χ1v) is 8.45. The molecule has 0 saturated carbocycles. The number of hydrogen-bond donors (Lipinski definition) is 2. The second kappa shape index (κ2) is 8.26. The van der Waals surface area contributed by atoms with E-state index in [1.54, 1.807) is 31.4 Å². The van der Waals surface area contributed by atoms with E-state index in [9.17, 15) is 13.2 Å². The lowest BCUT2D eigenvalue weighted by atomic mass is 10.2. The van der Waals surface area contributed by atoms with Gasteiger partial charge < -0.3 is 19.9 Å². The molecule has 1 heterocycles. The fourth-order valence-electron chi connectivity index (χ4n) is 2.29. The highest BCUT2D eigenvalue weighted by molar-refractivity contribution is 7.80. The Hall–Kier alpha value is -3.14. The third kappa shape index (κ3) is 4.97. The molecule has 2 aromatic carbocycles. The third-order valence-electron chi connectivity index (χ3n) is 3.66. The van der Waals surface area contributed by atoms with Gasteiger partial charge in [0.2, 0.25) is 11.7 Å². The summed E-state index contributed by atoms with van der Waals surface area (Å²) in [7, 11) is 1.57. The lowest BCUT2D eigenvalue weighted by Crippen LogP contribution is -2.28. The van der Waals surface area contributed by atoms with Crippen LogP contribution in [0.1, 0.15) is 11.5 Å². The van der Waals surface area contributed by atoms with E-state index < -0.39 is 11.7 Å². The Balaban J connectivity index is 1.57. The molecule has 6 nitrogen and oxygen atoms in total. The van der Waals surface area contributed by atoms with E-state index in [0.717, 1.165) is 17.7 Å². The summed E-state index contributed by atoms with van der Waals surface area (Å²) in [5.41, 5.74) is 0.207. The van der Waals surface area contributed by atoms with Crippen LogP contribution in [-0.2, 0) is 12.7 Å². The summed E-state index contributed by atoms with van der Waals surface area (Å²) >= 11 is 5.09. The van der Waals surface area contributed by atoms with Gasteiger partial charge in [0.1, 0.15) is 5.75 Å². The number of alkyl halides is 3. The van der Waals surface area contributed by atoms with Crippen molar-refractivity contribution in [2.45, 2.75) is 12.7 Å². The molecule has 0 atom stereocenters. The van der Waals surface area contributed by atoms with E-state index in [0.29, 0.717) is 11.6 Å². The van der Waals surface area contributed by atoms with Gasteiger partial charge in [-0.05, 0) is 54.7 Å². The van der Waals surface area contributed by atoms with Crippen molar-refractivity contribution in [1.82, 2.24) is 15.5 Å². The molecule has 0 radical (unpaired) electrons. The fourth-order valence-corrected chi connectivity index (χ4v) is 2.48. The summed E-state index contributed by atoms with van der Waals surface area (Å²) < 4.78 is 48.5. The molecule has 0 saturated heterocycles. The highest BCUT2D eigenvalue weighted by Gasteiger charge is 2.30. The second-order valence-electron chi connectivity index (χ2n) is 5.63. The lowest BCUT2D eigenvalue weighted by molar-refractivity contribution is -0.137. The molecule has 0 spiro atoms. The van der Waals surface area contributed by atoms with Crippen molar-refractivity contribution in [3.8, 4) is 17.1 Å². The minimum atomic E-state index is -4.42. The van der Waals surface area contributed by atoms with Gasteiger partial charge in [-0.2, -0.15) is 18.2 Å². The molecule has 0 aliphatic rings. The molecule has 0 aliphatic heterocycles. The largest absolute Gasteiger partial charge is 0.497 e. The van der Waals surface area contributed by atoms with E-state index in [2.05, 4.69) is 20.8 Å². The Morgan fingerprint density at radius 2 is 1.93 bits per heavy atom. The number of nitrogens with one attached hydrogen (secondary N) is 2. The normalized spacial score (nSPS) is 11.1. The number of hydrogen-bond acceptors (Lipinski definition) is 5. The van der Waals surface area contributed by atoms with Crippen LogP contribution in [0.25, 0.3) is 11.4 Å². The number of halogens is 3. The summed E-state index contributed by atoms with van der Waals surface area (Å²) in [6, 6.07) is 11.9. The van der Waals surface area contributed by atoms with E-state index in [4.69, 9.17) is 21.5 Å². The molecule has 0 amide bonds. The number of anilines is 1. The summed E-state index contributed by atoms with van der Waals surface area (Å²) in [5.74, 6) is 1.38. The van der Waals surface area contributed by atoms with E-state index in [1.165, 1.54) is 12.1 Å². The topological polar surface area (TPSA) is 72.2 Å². The minimum Gasteiger partial charge on any atom is -0.497 e. The molecule has 3 rings (SSSR count). The minimum absolute atomic E-state index is 0.119. The molecule has 2 N–H and O–H groups in total. The lowest BCUT2D eigenvalue weighted by Gasteiger charge is -2.11. The molecule has 0 bridgehead atoms. The van der Waals surface area contributed by atoms with Crippen LogP contribution in [0.5, 0.6) is 5.75 Å². The summed E-state index contributed by atoms with van der Waals surface area (Å²) in [6.07, 6.45) is -4.42. The predicted molar refractivity (Wildman–Crippen MR) is 101 cm³/mol. The van der Waals surface area contributed by atoms with Crippen LogP contribution < -0.4 is 15.4 Å². The molecule has 28 heavy (non-hydrogen) atoms. The van der Waals surface area contributed by atoms with Gasteiger partial charge in [-0.15, -0.1) is 0 Å². The van der Waals surface area contributed by atoms with Gasteiger partial charge in [0.05, 0.1) is 19.2 Å². The first-order valence-electron chi connectivity index (χ1n) is 8.04. The van der Waals surface area contributed by atoms with Crippen LogP contribution in [0.4, 0.5) is 18.9 Å². The van der Waals surface area contributed by atoms with Crippen molar-refractivity contribution in [2.75, 3.05) is 12.4 Å². The zero-order valence-corrected chi connectivity index (χ0v) is 15.4. The van der Waals surface area contributed by atoms with Crippen LogP contribution in [-0.4, -0.2) is 22.4 Å². The average Bonchev–Trinajstić information content (AvgIpc) is 3.15. The van der Waals surface area contributed by atoms with Gasteiger partial charge in [0.25, 0.3) is 0 Å². The van der Waals surface area contributed by atoms with Crippen LogP contribution in [0.2, 0.25) is 0 Å². The monoisotopic (exact) mass is 408 g/mol. The number of aromatic nitrogens is 2. The molecule has 0 unspecified atom stereocenters. The van der Waals surface area contributed by atoms with Crippen molar-refractivity contribution in [1.29, 1.82) is 0 Å². The van der Waals surface area contributed by atoms with Crippen LogP contribution >= 0.6 is 12.2 Å². The quantitative estimate of drug-likeness (QED) is 0.612. The zero-order chi connectivity index (χ0) is 20.1. The highest BCUT2D eigenvalue weighted by Crippen LogP contribution is 2.30. The number of nitrogens with zero attached hydrogens (tertiary/aromatic N) is 2. The number of methoxy groups -OCH3 is 1. The fraction of sp³-hybridized carbons (Fsp3) is 0.167. The Labute approximate surface area is 163 Å². The van der Waals surface area contributed by atoms with Crippen molar-refractivity contribution < 1.29 is 22.4 Å². The molecule has 1 aromatic heterocycles. The van der Waals surface area contributed by atoms with Crippen molar-refractivity contribution in [3.63, 3.8) is 0 Å². The van der Waals surface area contributed by atoms with Gasteiger partial charge in [0, 0.05) is 11.3 Å². The van der Waals surface area contributed by atoms with Gasteiger partial charge in [0.15, 0.2) is 5.11 Å². The highest BCUT2D eigenvalue weighted by atomic mass is 32.1. The molecular weight excluding hydrogens is 393 g/mol. The Morgan fingerprint density at radius 3 is 2.61 bits per heavy atom. The summed E-state index contributed by atoms with van der Waals surface area (Å²) in [4.78, 5) is 4.24. The van der Waals surface area contributed by atoms with E-state index in [-0.39, 0.29) is 23.2 Å². The van der Waals surface area contributed by atoms with Crippen LogP contribution in [0, 0.1) is 0 Å². The number of ether oxygens (including phenoxy) is 1. The maximum absolute atomic E-state index is 12.7. The first-order chi connectivity index (χ1) is 13.3. The van der Waals surface area contributed by atoms with Crippen molar-refractivity contribution in [2.24, 2.45) is 0 Å². The third-order valence-corrected chi connectivity index (χ3v) is 3.91. The number of benzene rings is 2. The Bertz CT molecular complexity index is 958.